The molecule has 1 saturated heterocycles. The molecule has 1 amide bonds. The number of carbonyl (C=O) groups is 1. The Morgan fingerprint density at radius 2 is 1.89 bits per heavy atom. The van der Waals surface area contributed by atoms with Crippen LogP contribution in [0.3, 0.4) is 0 Å². The molecule has 0 saturated carbocycles. The molecular weight excluding hydrogens is 393 g/mol. The van der Waals surface area contributed by atoms with Crippen molar-refractivity contribution in [3.8, 4) is 6.07 Å². The molecule has 4 rings (SSSR count). The van der Waals surface area contributed by atoms with E-state index in [0.717, 1.165) is 21.2 Å². The van der Waals surface area contributed by atoms with Crippen molar-refractivity contribution in [1.82, 2.24) is 4.90 Å². The van der Waals surface area contributed by atoms with Gasteiger partial charge in [0.1, 0.15) is 5.82 Å². The molecule has 4 nitrogen and oxygen atoms in total. The first-order chi connectivity index (χ1) is 13.6. The predicted octanol–water partition coefficient (Wildman–Crippen LogP) is 4.77. The van der Waals surface area contributed by atoms with E-state index in [1.54, 1.807) is 28.8 Å². The molecule has 0 N–H and O–H groups in total. The zero-order valence-electron chi connectivity index (χ0n) is 15.3. The second-order valence-corrected chi connectivity index (χ2v) is 8.43. The first-order valence-electron chi connectivity index (χ1n) is 8.82. The summed E-state index contributed by atoms with van der Waals surface area (Å²) in [6.45, 7) is 0.371. The Kier molecular flexibility index (Phi) is 5.33. The normalized spacial score (nSPS) is 19.5. The topological polar surface area (TPSA) is 47.3 Å². The summed E-state index contributed by atoms with van der Waals surface area (Å²) >= 11 is 3.15. The highest BCUT2D eigenvalue weighted by molar-refractivity contribution is 8.03. The van der Waals surface area contributed by atoms with E-state index in [1.807, 2.05) is 35.4 Å². The van der Waals surface area contributed by atoms with Gasteiger partial charge in [0.05, 0.1) is 29.2 Å². The Morgan fingerprint density at radius 3 is 2.54 bits per heavy atom. The van der Waals surface area contributed by atoms with Crippen molar-refractivity contribution >= 4 is 35.1 Å². The van der Waals surface area contributed by atoms with Gasteiger partial charge < -0.3 is 4.90 Å². The molecule has 0 aromatic heterocycles. The standard InChI is InChI=1S/C21H18FN3OS2/c1-27-17-8-2-14(3-9-17)18-10-20(26)25-12-24(13-28-21(25)19(18)11-23)16-6-4-15(22)5-7-16/h2-9,18H,10,12-13H2,1H3. The zero-order chi connectivity index (χ0) is 19.7. The molecule has 28 heavy (non-hydrogen) atoms. The first kappa shape index (κ1) is 18.9. The van der Waals surface area contributed by atoms with Gasteiger partial charge in [0.15, 0.2) is 0 Å². The number of nitriles is 1. The highest BCUT2D eigenvalue weighted by Gasteiger charge is 2.38. The van der Waals surface area contributed by atoms with E-state index in [-0.39, 0.29) is 24.1 Å². The average Bonchev–Trinajstić information content (AvgIpc) is 2.74. The molecule has 1 fully saturated rings. The molecule has 0 radical (unpaired) electrons. The highest BCUT2D eigenvalue weighted by atomic mass is 32.2. The van der Waals surface area contributed by atoms with Crippen molar-refractivity contribution in [2.24, 2.45) is 0 Å². The smallest absolute Gasteiger partial charge is 0.229 e. The summed E-state index contributed by atoms with van der Waals surface area (Å²) in [5, 5.41) is 10.6. The minimum atomic E-state index is -0.287. The Hall–Kier alpha value is -2.43. The Labute approximate surface area is 172 Å². The van der Waals surface area contributed by atoms with Gasteiger partial charge in [-0.15, -0.1) is 11.8 Å². The third kappa shape index (κ3) is 3.50. The molecule has 7 heteroatoms. The quantitative estimate of drug-likeness (QED) is 0.681. The highest BCUT2D eigenvalue weighted by Crippen LogP contribution is 2.43. The Morgan fingerprint density at radius 1 is 1.18 bits per heavy atom. The van der Waals surface area contributed by atoms with Crippen molar-refractivity contribution in [3.63, 3.8) is 0 Å². The molecule has 2 aromatic carbocycles. The van der Waals surface area contributed by atoms with Gasteiger partial charge in [-0.2, -0.15) is 5.26 Å². The van der Waals surface area contributed by atoms with Crippen molar-refractivity contribution in [2.45, 2.75) is 17.2 Å². The molecule has 1 unspecified atom stereocenters. The van der Waals surface area contributed by atoms with Crippen LogP contribution in [0.1, 0.15) is 17.9 Å². The lowest BCUT2D eigenvalue weighted by Gasteiger charge is -2.42. The number of fused-ring (bicyclic) bond motifs is 1. The van der Waals surface area contributed by atoms with Crippen molar-refractivity contribution in [3.05, 3.63) is 70.5 Å². The number of amides is 1. The Balaban J connectivity index is 1.63. The lowest BCUT2D eigenvalue weighted by molar-refractivity contribution is -0.129. The van der Waals surface area contributed by atoms with Crippen LogP contribution in [0, 0.1) is 17.1 Å². The number of halogens is 1. The molecule has 0 spiro atoms. The van der Waals surface area contributed by atoms with Gasteiger partial charge in [0.2, 0.25) is 5.91 Å². The van der Waals surface area contributed by atoms with Crippen LogP contribution in [0.25, 0.3) is 0 Å². The maximum absolute atomic E-state index is 13.2. The number of hydrogen-bond donors (Lipinski definition) is 0. The molecule has 2 aliphatic heterocycles. The lowest BCUT2D eigenvalue weighted by atomic mass is 9.86. The van der Waals surface area contributed by atoms with Crippen LogP contribution in [0.2, 0.25) is 0 Å². The fourth-order valence-corrected chi connectivity index (χ4v) is 5.07. The number of carbonyl (C=O) groups excluding carboxylic acids is 1. The molecule has 2 heterocycles. The van der Waals surface area contributed by atoms with E-state index in [4.69, 9.17) is 0 Å². The van der Waals surface area contributed by atoms with E-state index in [0.29, 0.717) is 18.1 Å². The fraction of sp³-hybridized carbons (Fsp3) is 0.238. The number of hydrogen-bond acceptors (Lipinski definition) is 5. The second kappa shape index (κ2) is 7.90. The maximum Gasteiger partial charge on any atom is 0.229 e. The van der Waals surface area contributed by atoms with Gasteiger partial charge in [-0.25, -0.2) is 4.39 Å². The average molecular weight is 412 g/mol. The summed E-state index contributed by atoms with van der Waals surface area (Å²) in [6, 6.07) is 16.7. The summed E-state index contributed by atoms with van der Waals surface area (Å²) in [7, 11) is 0. The van der Waals surface area contributed by atoms with Crippen LogP contribution < -0.4 is 4.90 Å². The van der Waals surface area contributed by atoms with Gasteiger partial charge in [-0.3, -0.25) is 9.69 Å². The number of thioether (sulfide) groups is 2. The first-order valence-corrected chi connectivity index (χ1v) is 11.0. The zero-order valence-corrected chi connectivity index (χ0v) is 16.9. The minimum absolute atomic E-state index is 0.00672. The molecule has 2 aliphatic rings. The van der Waals surface area contributed by atoms with Gasteiger partial charge >= 0.3 is 0 Å². The van der Waals surface area contributed by atoms with E-state index in [1.165, 1.54) is 23.9 Å². The molecule has 2 aromatic rings. The van der Waals surface area contributed by atoms with Gasteiger partial charge in [-0.1, -0.05) is 23.9 Å². The number of rotatable bonds is 3. The van der Waals surface area contributed by atoms with Crippen molar-refractivity contribution in [2.75, 3.05) is 23.7 Å². The fourth-order valence-electron chi connectivity index (χ4n) is 3.50. The minimum Gasteiger partial charge on any atom is -0.344 e. The summed E-state index contributed by atoms with van der Waals surface area (Å²) in [4.78, 5) is 17.8. The summed E-state index contributed by atoms with van der Waals surface area (Å²) < 4.78 is 13.2. The number of nitrogens with zero attached hydrogens (tertiary/aromatic N) is 3. The van der Waals surface area contributed by atoms with Gasteiger partial charge in [0.25, 0.3) is 0 Å². The van der Waals surface area contributed by atoms with Crippen LogP contribution in [0.15, 0.2) is 64.0 Å². The third-order valence-corrected chi connectivity index (χ3v) is 6.90. The largest absolute Gasteiger partial charge is 0.344 e. The summed E-state index contributed by atoms with van der Waals surface area (Å²) in [6.07, 6.45) is 2.30. The second-order valence-electron chi connectivity index (χ2n) is 6.61. The number of allylic oxidation sites excluding steroid dienone is 1. The van der Waals surface area contributed by atoms with Crippen LogP contribution in [-0.2, 0) is 4.79 Å². The van der Waals surface area contributed by atoms with Gasteiger partial charge in [0, 0.05) is 22.9 Å². The van der Waals surface area contributed by atoms with Crippen LogP contribution in [0.5, 0.6) is 0 Å². The lowest BCUT2D eigenvalue weighted by Crippen LogP contribution is -2.47. The summed E-state index contributed by atoms with van der Waals surface area (Å²) in [5.41, 5.74) is 2.51. The van der Waals surface area contributed by atoms with Gasteiger partial charge in [-0.05, 0) is 48.2 Å². The van der Waals surface area contributed by atoms with Crippen LogP contribution >= 0.6 is 23.5 Å². The van der Waals surface area contributed by atoms with E-state index >= 15 is 0 Å². The van der Waals surface area contributed by atoms with Crippen LogP contribution in [0.4, 0.5) is 10.1 Å². The molecule has 142 valence electrons. The summed E-state index contributed by atoms with van der Waals surface area (Å²) in [5.74, 6) is 0.121. The van der Waals surface area contributed by atoms with Crippen LogP contribution in [-0.4, -0.2) is 29.6 Å². The van der Waals surface area contributed by atoms with E-state index < -0.39 is 0 Å². The monoisotopic (exact) mass is 411 g/mol. The number of anilines is 1. The van der Waals surface area contributed by atoms with E-state index in [9.17, 15) is 14.4 Å². The molecule has 0 aliphatic carbocycles. The molecular formula is C21H18FN3OS2. The van der Waals surface area contributed by atoms with Crippen molar-refractivity contribution < 1.29 is 9.18 Å². The number of benzene rings is 2. The maximum atomic E-state index is 13.2. The third-order valence-electron chi connectivity index (χ3n) is 5.00. The molecule has 0 bridgehead atoms. The van der Waals surface area contributed by atoms with E-state index in [2.05, 4.69) is 6.07 Å². The predicted molar refractivity (Wildman–Crippen MR) is 111 cm³/mol. The van der Waals surface area contributed by atoms with Crippen molar-refractivity contribution in [1.29, 1.82) is 5.26 Å². The molecule has 1 atom stereocenters. The Bertz CT molecular complexity index is 967. The SMILES string of the molecule is CSc1ccc(C2CC(=O)N3CN(c4ccc(F)cc4)CSC3=C2C#N)cc1.